The van der Waals surface area contributed by atoms with Crippen molar-refractivity contribution >= 4 is 56.4 Å². The third kappa shape index (κ3) is 6.16. The Morgan fingerprint density at radius 2 is 2.00 bits per heavy atom. The largest absolute Gasteiger partial charge is 0.497 e. The molecule has 0 radical (unpaired) electrons. The van der Waals surface area contributed by atoms with Gasteiger partial charge in [0.05, 0.1) is 35.4 Å². The highest BCUT2D eigenvalue weighted by Gasteiger charge is 2.24. The molecule has 2 heterocycles. The molecule has 0 aliphatic carbocycles. The maximum absolute atomic E-state index is 12.4. The minimum atomic E-state index is -0.209. The van der Waals surface area contributed by atoms with Crippen molar-refractivity contribution in [3.63, 3.8) is 0 Å². The fourth-order valence-electron chi connectivity index (χ4n) is 3.17. The summed E-state index contributed by atoms with van der Waals surface area (Å²) >= 11 is 4.76. The van der Waals surface area contributed by atoms with Gasteiger partial charge in [-0.3, -0.25) is 9.59 Å². The molecule has 0 bridgehead atoms. The minimum Gasteiger partial charge on any atom is -0.497 e. The van der Waals surface area contributed by atoms with Gasteiger partial charge < -0.3 is 24.4 Å². The summed E-state index contributed by atoms with van der Waals surface area (Å²) in [6.45, 7) is 2.23. The van der Waals surface area contributed by atoms with Gasteiger partial charge in [0.15, 0.2) is 11.8 Å². The van der Waals surface area contributed by atoms with Gasteiger partial charge in [-0.2, -0.15) is 0 Å². The van der Waals surface area contributed by atoms with E-state index in [1.807, 2.05) is 36.4 Å². The Labute approximate surface area is 204 Å². The maximum Gasteiger partial charge on any atom is 0.264 e. The summed E-state index contributed by atoms with van der Waals surface area (Å²) in [6, 6.07) is 12.7. The van der Waals surface area contributed by atoms with Gasteiger partial charge in [-0.1, -0.05) is 6.07 Å². The highest BCUT2D eigenvalue weighted by atomic mass is 79.9. The number of nitrogens with one attached hydrogen (secondary N) is 1. The molecule has 0 unspecified atom stereocenters. The number of ether oxygens (including phenoxy) is 3. The van der Waals surface area contributed by atoms with Crippen LogP contribution in [-0.4, -0.2) is 61.9 Å². The molecule has 2 aromatic rings. The zero-order chi connectivity index (χ0) is 23.2. The Bertz CT molecular complexity index is 1100. The second kappa shape index (κ2) is 10.9. The van der Waals surface area contributed by atoms with Crippen molar-refractivity contribution in [2.24, 2.45) is 4.99 Å². The summed E-state index contributed by atoms with van der Waals surface area (Å²) < 4.78 is 16.8. The van der Waals surface area contributed by atoms with E-state index >= 15 is 0 Å². The molecule has 0 atom stereocenters. The Kier molecular flexibility index (Phi) is 7.69. The molecule has 10 heteroatoms. The van der Waals surface area contributed by atoms with Gasteiger partial charge in [0.1, 0.15) is 11.5 Å². The number of amides is 2. The summed E-state index contributed by atoms with van der Waals surface area (Å²) in [6.07, 6.45) is 1.78. The number of benzene rings is 2. The SMILES string of the molecule is COc1ccc(N=C2NC(=O)/C(=C/c3ccc(OCC(=O)N4CCOCC4)c(Br)c3)S2)cc1. The van der Waals surface area contributed by atoms with E-state index in [0.29, 0.717) is 46.6 Å². The van der Waals surface area contributed by atoms with E-state index in [4.69, 9.17) is 14.2 Å². The van der Waals surface area contributed by atoms with Crippen molar-refractivity contribution in [1.29, 1.82) is 0 Å². The number of aliphatic imine (C=N–C) groups is 1. The van der Waals surface area contributed by atoms with Crippen LogP contribution < -0.4 is 14.8 Å². The lowest BCUT2D eigenvalue weighted by Gasteiger charge is -2.26. The number of thioether (sulfide) groups is 1. The molecule has 2 fully saturated rings. The van der Waals surface area contributed by atoms with Gasteiger partial charge in [-0.25, -0.2) is 4.99 Å². The van der Waals surface area contributed by atoms with Gasteiger partial charge in [-0.15, -0.1) is 0 Å². The van der Waals surface area contributed by atoms with Gasteiger partial charge in [0.2, 0.25) is 0 Å². The van der Waals surface area contributed by atoms with Crippen LogP contribution >= 0.6 is 27.7 Å². The average Bonchev–Trinajstić information content (AvgIpc) is 3.17. The maximum atomic E-state index is 12.4. The van der Waals surface area contributed by atoms with E-state index in [1.54, 1.807) is 24.2 Å². The Hall–Kier alpha value is -2.82. The second-order valence-corrected chi connectivity index (χ2v) is 9.04. The number of halogens is 1. The summed E-state index contributed by atoms with van der Waals surface area (Å²) in [4.78, 5) is 31.4. The molecule has 1 N–H and O–H groups in total. The molecule has 2 aromatic carbocycles. The average molecular weight is 532 g/mol. The first-order valence-corrected chi connectivity index (χ1v) is 11.8. The van der Waals surface area contributed by atoms with E-state index < -0.39 is 0 Å². The normalized spacial score (nSPS) is 18.5. The van der Waals surface area contributed by atoms with Crippen LogP contribution in [0.4, 0.5) is 5.69 Å². The second-order valence-electron chi connectivity index (χ2n) is 7.15. The van der Waals surface area contributed by atoms with E-state index in [9.17, 15) is 9.59 Å². The molecule has 8 nitrogen and oxygen atoms in total. The van der Waals surface area contributed by atoms with E-state index in [2.05, 4.69) is 26.2 Å². The quantitative estimate of drug-likeness (QED) is 0.573. The van der Waals surface area contributed by atoms with Crippen LogP contribution in [-0.2, 0) is 14.3 Å². The molecular formula is C23H22BrN3O5S. The smallest absolute Gasteiger partial charge is 0.264 e. The summed E-state index contributed by atoms with van der Waals surface area (Å²) in [5.74, 6) is 1.02. The summed E-state index contributed by atoms with van der Waals surface area (Å²) in [7, 11) is 1.60. The predicted octanol–water partition coefficient (Wildman–Crippen LogP) is 3.59. The highest BCUT2D eigenvalue weighted by Crippen LogP contribution is 2.31. The van der Waals surface area contributed by atoms with Gasteiger partial charge in [-0.05, 0) is 75.7 Å². The van der Waals surface area contributed by atoms with Crippen LogP contribution in [0.3, 0.4) is 0 Å². The van der Waals surface area contributed by atoms with Crippen LogP contribution in [0.2, 0.25) is 0 Å². The number of hydrogen-bond donors (Lipinski definition) is 1. The van der Waals surface area contributed by atoms with Gasteiger partial charge >= 0.3 is 0 Å². The third-order valence-corrected chi connectivity index (χ3v) is 6.45. The number of carbonyl (C=O) groups is 2. The minimum absolute atomic E-state index is 0.0392. The van der Waals surface area contributed by atoms with E-state index in [0.717, 1.165) is 17.0 Å². The fraction of sp³-hybridized carbons (Fsp3) is 0.261. The van der Waals surface area contributed by atoms with Crippen molar-refractivity contribution in [2.45, 2.75) is 0 Å². The molecule has 0 spiro atoms. The number of methoxy groups -OCH3 is 1. The standard InChI is InChI=1S/C23H22BrN3O5S/c1-30-17-5-3-16(4-6-17)25-23-26-22(29)20(33-23)13-15-2-7-19(18(24)12-15)32-14-21(28)27-8-10-31-11-9-27/h2-7,12-13H,8-11,14H2,1H3,(H,25,26,29)/b20-13-. The monoisotopic (exact) mass is 531 g/mol. The lowest BCUT2D eigenvalue weighted by atomic mass is 10.2. The van der Waals surface area contributed by atoms with Crippen molar-refractivity contribution in [3.05, 3.63) is 57.4 Å². The fourth-order valence-corrected chi connectivity index (χ4v) is 4.53. The van der Waals surface area contributed by atoms with Crippen molar-refractivity contribution in [2.75, 3.05) is 40.0 Å². The number of rotatable bonds is 6. The molecule has 33 heavy (non-hydrogen) atoms. The van der Waals surface area contributed by atoms with E-state index in [1.165, 1.54) is 11.8 Å². The first-order valence-electron chi connectivity index (χ1n) is 10.2. The van der Waals surface area contributed by atoms with Gasteiger partial charge in [0, 0.05) is 13.1 Å². The molecule has 2 aliphatic heterocycles. The Morgan fingerprint density at radius 1 is 1.24 bits per heavy atom. The van der Waals surface area contributed by atoms with E-state index in [-0.39, 0.29) is 18.4 Å². The van der Waals surface area contributed by atoms with Gasteiger partial charge in [0.25, 0.3) is 11.8 Å². The molecule has 0 aromatic heterocycles. The number of nitrogens with zero attached hydrogens (tertiary/aromatic N) is 2. The molecule has 4 rings (SSSR count). The zero-order valence-corrected chi connectivity index (χ0v) is 20.3. The van der Waals surface area contributed by atoms with Crippen LogP contribution in [0.1, 0.15) is 5.56 Å². The van der Waals surface area contributed by atoms with Crippen molar-refractivity contribution in [1.82, 2.24) is 10.2 Å². The lowest BCUT2D eigenvalue weighted by Crippen LogP contribution is -2.43. The first kappa shape index (κ1) is 23.3. The first-order chi connectivity index (χ1) is 16.0. The topological polar surface area (TPSA) is 89.5 Å². The zero-order valence-electron chi connectivity index (χ0n) is 17.9. The van der Waals surface area contributed by atoms with Crippen LogP contribution in [0.15, 0.2) is 56.8 Å². The molecule has 0 saturated carbocycles. The molecule has 172 valence electrons. The number of carbonyl (C=O) groups excluding carboxylic acids is 2. The number of hydrogen-bond acceptors (Lipinski definition) is 7. The number of amidine groups is 1. The van der Waals surface area contributed by atoms with Crippen LogP contribution in [0.25, 0.3) is 6.08 Å². The molecule has 2 saturated heterocycles. The lowest BCUT2D eigenvalue weighted by molar-refractivity contribution is -0.137. The number of morpholine rings is 1. The van der Waals surface area contributed by atoms with Crippen molar-refractivity contribution in [3.8, 4) is 11.5 Å². The molecule has 2 aliphatic rings. The highest BCUT2D eigenvalue weighted by molar-refractivity contribution is 9.10. The molecular weight excluding hydrogens is 510 g/mol. The summed E-state index contributed by atoms with van der Waals surface area (Å²) in [5.41, 5.74) is 1.54. The summed E-state index contributed by atoms with van der Waals surface area (Å²) in [5, 5.41) is 3.29. The van der Waals surface area contributed by atoms with Crippen LogP contribution in [0.5, 0.6) is 11.5 Å². The Balaban J connectivity index is 1.39. The Morgan fingerprint density at radius 3 is 2.70 bits per heavy atom. The molecule has 2 amide bonds. The third-order valence-electron chi connectivity index (χ3n) is 4.92. The predicted molar refractivity (Wildman–Crippen MR) is 131 cm³/mol. The van der Waals surface area contributed by atoms with Crippen molar-refractivity contribution < 1.29 is 23.8 Å². The van der Waals surface area contributed by atoms with Crippen LogP contribution in [0, 0.1) is 0 Å².